The Morgan fingerprint density at radius 2 is 1.88 bits per heavy atom. The lowest BCUT2D eigenvalue weighted by Crippen LogP contribution is -2.25. The molecule has 0 spiro atoms. The molecule has 0 aliphatic heterocycles. The van der Waals surface area contributed by atoms with Gasteiger partial charge in [-0.3, -0.25) is 4.99 Å². The maximum absolute atomic E-state index is 13.1. The van der Waals surface area contributed by atoms with Gasteiger partial charge < -0.3 is 5.73 Å². The monoisotopic (exact) mass is 226 g/mol. The lowest BCUT2D eigenvalue weighted by Gasteiger charge is -2.15. The molecule has 92 valence electrons. The number of hydrogen-bond acceptors (Lipinski definition) is 2. The molecule has 2 atom stereocenters. The second kappa shape index (κ2) is 7.34. The molecule has 0 aliphatic rings. The van der Waals surface area contributed by atoms with Gasteiger partial charge in [0.2, 0.25) is 0 Å². The Balaban J connectivity index is 4.98. The lowest BCUT2D eigenvalue weighted by atomic mass is 10.0. The van der Waals surface area contributed by atoms with Crippen molar-refractivity contribution in [3.8, 4) is 0 Å². The van der Waals surface area contributed by atoms with Crippen LogP contribution in [0.15, 0.2) is 28.3 Å². The number of aliphatic imine (C=N–C) groups is 1. The predicted molar refractivity (Wildman–Crippen MR) is 69.7 cm³/mol. The third-order valence-corrected chi connectivity index (χ3v) is 2.68. The van der Waals surface area contributed by atoms with Crippen LogP contribution in [0, 0.1) is 0 Å². The Bertz CT molecular complexity index is 301. The van der Waals surface area contributed by atoms with Crippen LogP contribution in [0.4, 0.5) is 4.39 Å². The van der Waals surface area contributed by atoms with E-state index in [0.717, 1.165) is 5.57 Å². The van der Waals surface area contributed by atoms with Crippen LogP contribution >= 0.6 is 0 Å². The summed E-state index contributed by atoms with van der Waals surface area (Å²) in [5, 5.41) is 0. The maximum Gasteiger partial charge on any atom is 0.136 e. The van der Waals surface area contributed by atoms with Gasteiger partial charge in [0.1, 0.15) is 6.17 Å². The summed E-state index contributed by atoms with van der Waals surface area (Å²) in [6, 6.07) is -0.0436. The number of hydrogen-bond donors (Lipinski definition) is 1. The molecule has 2 unspecified atom stereocenters. The van der Waals surface area contributed by atoms with E-state index < -0.39 is 6.17 Å². The quantitative estimate of drug-likeness (QED) is 0.568. The molecular formula is C13H23FN2. The first-order chi connectivity index (χ1) is 7.47. The summed E-state index contributed by atoms with van der Waals surface area (Å²) in [6.45, 7) is 9.58. The summed E-state index contributed by atoms with van der Waals surface area (Å²) in [7, 11) is 0. The third-order valence-electron chi connectivity index (χ3n) is 2.68. The topological polar surface area (TPSA) is 38.4 Å². The molecule has 2 N–H and O–H groups in total. The van der Waals surface area contributed by atoms with Gasteiger partial charge in [0, 0.05) is 6.54 Å². The van der Waals surface area contributed by atoms with E-state index >= 15 is 0 Å². The summed E-state index contributed by atoms with van der Waals surface area (Å²) in [6.07, 6.45) is 2.97. The molecule has 0 radical (unpaired) electrons. The van der Waals surface area contributed by atoms with Crippen LogP contribution in [-0.4, -0.2) is 24.5 Å². The average molecular weight is 226 g/mol. The number of alkyl halides is 1. The number of nitrogens with zero attached hydrogens (tertiary/aromatic N) is 1. The average Bonchev–Trinajstić information content (AvgIpc) is 2.25. The minimum Gasteiger partial charge on any atom is -0.325 e. The van der Waals surface area contributed by atoms with Crippen LogP contribution in [0.2, 0.25) is 0 Å². The Hall–Kier alpha value is -0.960. The van der Waals surface area contributed by atoms with E-state index in [2.05, 4.69) is 4.99 Å². The molecule has 0 aromatic rings. The second-order valence-corrected chi connectivity index (χ2v) is 3.83. The van der Waals surface area contributed by atoms with Crippen LogP contribution in [0.1, 0.15) is 34.6 Å². The molecular weight excluding hydrogens is 203 g/mol. The van der Waals surface area contributed by atoms with Crippen LogP contribution < -0.4 is 5.73 Å². The van der Waals surface area contributed by atoms with Crippen LogP contribution in [0.3, 0.4) is 0 Å². The van der Waals surface area contributed by atoms with E-state index in [0.29, 0.717) is 5.71 Å². The van der Waals surface area contributed by atoms with Crippen LogP contribution in [0.25, 0.3) is 0 Å². The van der Waals surface area contributed by atoms with Gasteiger partial charge in [0.05, 0.1) is 11.8 Å². The van der Waals surface area contributed by atoms with Crippen LogP contribution in [0.5, 0.6) is 0 Å². The van der Waals surface area contributed by atoms with E-state index in [1.807, 2.05) is 39.8 Å². The zero-order valence-corrected chi connectivity index (χ0v) is 10.9. The summed E-state index contributed by atoms with van der Waals surface area (Å²) in [5.74, 6) is 0. The van der Waals surface area contributed by atoms with Gasteiger partial charge in [-0.2, -0.15) is 0 Å². The van der Waals surface area contributed by atoms with Gasteiger partial charge in [-0.25, -0.2) is 4.39 Å². The molecule has 0 aliphatic carbocycles. The smallest absolute Gasteiger partial charge is 0.136 e. The molecule has 0 saturated carbocycles. The van der Waals surface area contributed by atoms with Crippen molar-refractivity contribution in [2.45, 2.75) is 46.8 Å². The van der Waals surface area contributed by atoms with Crippen molar-refractivity contribution in [3.05, 3.63) is 23.3 Å². The zero-order valence-electron chi connectivity index (χ0n) is 10.9. The van der Waals surface area contributed by atoms with Crippen molar-refractivity contribution < 1.29 is 4.39 Å². The van der Waals surface area contributed by atoms with Crippen LogP contribution in [-0.2, 0) is 0 Å². The normalized spacial score (nSPS) is 18.6. The van der Waals surface area contributed by atoms with E-state index in [4.69, 9.17) is 5.73 Å². The largest absolute Gasteiger partial charge is 0.325 e. The fourth-order valence-electron chi connectivity index (χ4n) is 1.60. The van der Waals surface area contributed by atoms with Crippen molar-refractivity contribution in [2.24, 2.45) is 10.7 Å². The second-order valence-electron chi connectivity index (χ2n) is 3.83. The maximum atomic E-state index is 13.1. The van der Waals surface area contributed by atoms with Gasteiger partial charge in [-0.05, 0) is 40.2 Å². The van der Waals surface area contributed by atoms with Crippen molar-refractivity contribution >= 4 is 5.71 Å². The van der Waals surface area contributed by atoms with Crippen molar-refractivity contribution in [1.82, 2.24) is 0 Å². The Morgan fingerprint density at radius 3 is 2.19 bits per heavy atom. The molecule has 3 heteroatoms. The molecule has 2 nitrogen and oxygen atoms in total. The first-order valence-corrected chi connectivity index (χ1v) is 5.68. The Kier molecular flexibility index (Phi) is 6.90. The molecule has 0 heterocycles. The van der Waals surface area contributed by atoms with Gasteiger partial charge in [-0.15, -0.1) is 0 Å². The van der Waals surface area contributed by atoms with E-state index in [1.165, 1.54) is 12.5 Å². The van der Waals surface area contributed by atoms with Gasteiger partial charge in [0.15, 0.2) is 0 Å². The SMILES string of the molecule is C/C=C(C)/C(=C\C)C(C)/N=C(/CN)C(C)F. The molecule has 0 aromatic carbocycles. The minimum absolute atomic E-state index is 0.0436. The van der Waals surface area contributed by atoms with Gasteiger partial charge >= 0.3 is 0 Å². The summed E-state index contributed by atoms with van der Waals surface area (Å²) in [4.78, 5) is 4.34. The molecule has 0 fully saturated rings. The highest BCUT2D eigenvalue weighted by atomic mass is 19.1. The molecule has 0 aromatic heterocycles. The third kappa shape index (κ3) is 4.27. The number of rotatable bonds is 5. The number of halogens is 1. The number of allylic oxidation sites excluding steroid dienone is 2. The van der Waals surface area contributed by atoms with E-state index in [1.54, 1.807) is 0 Å². The summed E-state index contributed by atoms with van der Waals surface area (Å²) >= 11 is 0. The molecule has 0 bridgehead atoms. The predicted octanol–water partition coefficient (Wildman–Crippen LogP) is 3.05. The Labute approximate surface area is 98.1 Å². The van der Waals surface area contributed by atoms with Gasteiger partial charge in [-0.1, -0.05) is 17.7 Å². The molecule has 0 saturated heterocycles. The minimum atomic E-state index is -1.07. The highest BCUT2D eigenvalue weighted by Crippen LogP contribution is 2.17. The first-order valence-electron chi connectivity index (χ1n) is 5.68. The highest BCUT2D eigenvalue weighted by molar-refractivity contribution is 5.90. The van der Waals surface area contributed by atoms with E-state index in [9.17, 15) is 4.39 Å². The summed E-state index contributed by atoms with van der Waals surface area (Å²) in [5.41, 5.74) is 8.18. The van der Waals surface area contributed by atoms with Crippen molar-refractivity contribution in [1.29, 1.82) is 0 Å². The van der Waals surface area contributed by atoms with Crippen molar-refractivity contribution in [2.75, 3.05) is 6.54 Å². The lowest BCUT2D eigenvalue weighted by molar-refractivity contribution is 0.449. The zero-order chi connectivity index (χ0) is 12.7. The fraction of sp³-hybridized carbons (Fsp3) is 0.615. The fourth-order valence-corrected chi connectivity index (χ4v) is 1.60. The highest BCUT2D eigenvalue weighted by Gasteiger charge is 2.12. The summed E-state index contributed by atoms with van der Waals surface area (Å²) < 4.78 is 13.1. The first kappa shape index (κ1) is 15.0. The van der Waals surface area contributed by atoms with Gasteiger partial charge in [0.25, 0.3) is 0 Å². The standard InChI is InChI=1S/C13H23FN2/c1-6-9(3)12(7-2)11(5)16-13(8-15)10(4)14/h6-7,10-11H,8,15H2,1-5H3/b9-6+,12-7+,16-13-. The number of nitrogens with two attached hydrogens (primary N) is 1. The molecule has 0 rings (SSSR count). The molecule has 16 heavy (non-hydrogen) atoms. The Morgan fingerprint density at radius 1 is 1.31 bits per heavy atom. The van der Waals surface area contributed by atoms with Crippen molar-refractivity contribution in [3.63, 3.8) is 0 Å². The van der Waals surface area contributed by atoms with E-state index in [-0.39, 0.29) is 12.6 Å². The molecule has 0 amide bonds.